The number of fused-ring (bicyclic) bond motifs is 2. The van der Waals surface area contributed by atoms with Crippen molar-refractivity contribution in [1.82, 2.24) is 25.1 Å². The molecule has 2 fully saturated rings. The van der Waals surface area contributed by atoms with E-state index in [4.69, 9.17) is 17.3 Å². The Balaban J connectivity index is 1.28. The molecule has 3 unspecified atom stereocenters. The van der Waals surface area contributed by atoms with Gasteiger partial charge in [-0.3, -0.25) is 14.4 Å². The van der Waals surface area contributed by atoms with Crippen LogP contribution in [0.25, 0.3) is 10.9 Å². The number of likely N-dealkylation sites (N-methyl/N-ethyl adjacent to an activating group) is 1. The number of carbonyl (C=O) groups excluding carboxylic acids is 3. The minimum absolute atomic E-state index is 0.0986. The maximum Gasteiger partial charge on any atom is 0.280 e. The number of halogens is 1. The molecular formula is C29H35ClN6O3S. The SMILES string of the molecule is CN1CCc2nc(C(=O)NC3CC(C(=O)N4CCCCC4)CCC3(N)C(=O)c3cc4cc(Cl)ccc4[nH]3)sc2C1. The fraction of sp³-hybridized carbons (Fsp3) is 0.517. The number of aromatic amines is 1. The number of benzene rings is 1. The Hall–Kier alpha value is -2.79. The van der Waals surface area contributed by atoms with Crippen molar-refractivity contribution in [2.45, 2.75) is 63.1 Å². The van der Waals surface area contributed by atoms with Crippen LogP contribution in [0.1, 0.15) is 69.4 Å². The zero-order chi connectivity index (χ0) is 28.0. The number of thiazole rings is 1. The van der Waals surface area contributed by atoms with E-state index in [1.165, 1.54) is 11.3 Å². The van der Waals surface area contributed by atoms with Crippen LogP contribution in [0, 0.1) is 5.92 Å². The molecule has 4 N–H and O–H groups in total. The van der Waals surface area contributed by atoms with E-state index in [1.54, 1.807) is 18.2 Å². The number of hydrogen-bond acceptors (Lipinski definition) is 7. The highest BCUT2D eigenvalue weighted by atomic mass is 35.5. The molecule has 3 aliphatic rings. The third-order valence-electron chi connectivity index (χ3n) is 8.74. The van der Waals surface area contributed by atoms with Crippen LogP contribution < -0.4 is 11.1 Å². The summed E-state index contributed by atoms with van der Waals surface area (Å²) in [5, 5.41) is 4.83. The van der Waals surface area contributed by atoms with E-state index >= 15 is 0 Å². The minimum Gasteiger partial charge on any atom is -0.352 e. The summed E-state index contributed by atoms with van der Waals surface area (Å²) in [6.07, 6.45) is 5.04. The van der Waals surface area contributed by atoms with E-state index in [-0.39, 0.29) is 29.9 Å². The lowest BCUT2D eigenvalue weighted by Crippen LogP contribution is -2.66. The number of carbonyl (C=O) groups is 3. The van der Waals surface area contributed by atoms with Crippen LogP contribution in [0.4, 0.5) is 0 Å². The second-order valence-corrected chi connectivity index (χ2v) is 13.1. The number of piperidine rings is 1. The molecule has 0 radical (unpaired) electrons. The quantitative estimate of drug-likeness (QED) is 0.394. The van der Waals surface area contributed by atoms with Crippen molar-refractivity contribution in [3.05, 3.63) is 50.6 Å². The molecule has 11 heteroatoms. The number of nitrogens with two attached hydrogens (primary N) is 1. The Morgan fingerprint density at radius 3 is 2.77 bits per heavy atom. The smallest absolute Gasteiger partial charge is 0.280 e. The van der Waals surface area contributed by atoms with Gasteiger partial charge in [0.15, 0.2) is 5.01 Å². The summed E-state index contributed by atoms with van der Waals surface area (Å²) in [7, 11) is 2.05. The zero-order valence-electron chi connectivity index (χ0n) is 22.7. The van der Waals surface area contributed by atoms with Crippen molar-refractivity contribution in [2.24, 2.45) is 11.7 Å². The molecule has 1 saturated carbocycles. The largest absolute Gasteiger partial charge is 0.352 e. The first kappa shape index (κ1) is 27.4. The van der Waals surface area contributed by atoms with Gasteiger partial charge in [-0.25, -0.2) is 4.98 Å². The van der Waals surface area contributed by atoms with Gasteiger partial charge in [0.2, 0.25) is 11.7 Å². The van der Waals surface area contributed by atoms with Gasteiger partial charge < -0.3 is 25.8 Å². The topological polar surface area (TPSA) is 124 Å². The Morgan fingerprint density at radius 2 is 1.98 bits per heavy atom. The number of aromatic nitrogens is 2. The summed E-state index contributed by atoms with van der Waals surface area (Å²) in [6, 6.07) is 6.42. The van der Waals surface area contributed by atoms with Gasteiger partial charge in [-0.2, -0.15) is 0 Å². The molecule has 2 amide bonds. The fourth-order valence-electron chi connectivity index (χ4n) is 6.37. The first-order valence-electron chi connectivity index (χ1n) is 14.1. The molecular weight excluding hydrogens is 548 g/mol. The van der Waals surface area contributed by atoms with Crippen molar-refractivity contribution in [2.75, 3.05) is 26.7 Å². The average molecular weight is 583 g/mol. The van der Waals surface area contributed by atoms with E-state index < -0.39 is 11.6 Å². The highest BCUT2D eigenvalue weighted by Crippen LogP contribution is 2.36. The van der Waals surface area contributed by atoms with Gasteiger partial charge in [0, 0.05) is 59.3 Å². The van der Waals surface area contributed by atoms with E-state index in [0.717, 1.165) is 73.3 Å². The molecule has 3 aromatic rings. The molecule has 3 atom stereocenters. The van der Waals surface area contributed by atoms with Crippen LogP contribution in [-0.4, -0.2) is 75.6 Å². The number of ketones is 1. The second kappa shape index (κ2) is 10.9. The summed E-state index contributed by atoms with van der Waals surface area (Å²) < 4.78 is 0. The van der Waals surface area contributed by atoms with E-state index in [9.17, 15) is 14.4 Å². The Morgan fingerprint density at radius 1 is 1.18 bits per heavy atom. The average Bonchev–Trinajstić information content (AvgIpc) is 3.57. The Kier molecular flexibility index (Phi) is 7.45. The molecule has 1 saturated heterocycles. The van der Waals surface area contributed by atoms with Gasteiger partial charge in [0.05, 0.1) is 17.4 Å². The number of nitrogens with one attached hydrogen (secondary N) is 2. The lowest BCUT2D eigenvalue weighted by molar-refractivity contribution is -0.138. The van der Waals surface area contributed by atoms with Crippen molar-refractivity contribution >= 4 is 51.4 Å². The van der Waals surface area contributed by atoms with Gasteiger partial charge in [0.1, 0.15) is 5.54 Å². The first-order valence-corrected chi connectivity index (χ1v) is 15.3. The highest BCUT2D eigenvalue weighted by molar-refractivity contribution is 7.13. The predicted molar refractivity (Wildman–Crippen MR) is 156 cm³/mol. The summed E-state index contributed by atoms with van der Waals surface area (Å²) in [6.45, 7) is 3.18. The second-order valence-electron chi connectivity index (χ2n) is 11.5. The minimum atomic E-state index is -1.38. The van der Waals surface area contributed by atoms with E-state index in [2.05, 4.69) is 27.2 Å². The van der Waals surface area contributed by atoms with Crippen molar-refractivity contribution in [3.8, 4) is 0 Å². The van der Waals surface area contributed by atoms with Crippen LogP contribution in [-0.2, 0) is 17.8 Å². The summed E-state index contributed by atoms with van der Waals surface area (Å²) in [5.41, 5.74) is 7.69. The fourth-order valence-corrected chi connectivity index (χ4v) is 7.64. The predicted octanol–water partition coefficient (Wildman–Crippen LogP) is 3.76. The highest BCUT2D eigenvalue weighted by Gasteiger charge is 2.49. The summed E-state index contributed by atoms with van der Waals surface area (Å²) >= 11 is 7.55. The van der Waals surface area contributed by atoms with Crippen LogP contribution in [0.5, 0.6) is 0 Å². The normalized spacial score (nSPS) is 25.5. The summed E-state index contributed by atoms with van der Waals surface area (Å²) in [5.74, 6) is -0.827. The lowest BCUT2D eigenvalue weighted by Gasteiger charge is -2.43. The standard InChI is InChI=1S/C29H35ClN6O3S/c1-35-12-8-21-23(16-35)40-27(33-21)26(38)34-24-15-17(28(39)36-10-3-2-4-11-36)7-9-29(24,31)25(37)22-14-18-13-19(30)5-6-20(18)32-22/h5-6,13-14,17,24,32H,2-4,7-12,15-16,31H2,1H3,(H,34,38). The van der Waals surface area contributed by atoms with E-state index in [0.29, 0.717) is 28.6 Å². The maximum absolute atomic E-state index is 14.0. The number of likely N-dealkylation sites (tertiary alicyclic amines) is 1. The van der Waals surface area contributed by atoms with Crippen LogP contribution in [0.15, 0.2) is 24.3 Å². The maximum atomic E-state index is 14.0. The molecule has 40 heavy (non-hydrogen) atoms. The molecule has 1 aromatic carbocycles. The number of nitrogens with zero attached hydrogens (tertiary/aromatic N) is 3. The molecule has 9 nitrogen and oxygen atoms in total. The Bertz CT molecular complexity index is 1460. The van der Waals surface area contributed by atoms with Gasteiger partial charge in [0.25, 0.3) is 5.91 Å². The molecule has 0 spiro atoms. The van der Waals surface area contributed by atoms with Gasteiger partial charge in [-0.05, 0) is 69.8 Å². The number of Topliss-reactive ketones (excluding diaryl/α,β-unsaturated/α-hetero) is 1. The number of H-pyrrole nitrogens is 1. The van der Waals surface area contributed by atoms with Crippen LogP contribution >= 0.6 is 22.9 Å². The van der Waals surface area contributed by atoms with Gasteiger partial charge in [-0.1, -0.05) is 11.6 Å². The van der Waals surface area contributed by atoms with Gasteiger partial charge >= 0.3 is 0 Å². The number of rotatable bonds is 5. The Labute approximate surface area is 242 Å². The zero-order valence-corrected chi connectivity index (χ0v) is 24.2. The van der Waals surface area contributed by atoms with Crippen LogP contribution in [0.2, 0.25) is 5.02 Å². The molecule has 2 aromatic heterocycles. The number of amides is 2. The van der Waals surface area contributed by atoms with Crippen molar-refractivity contribution in [3.63, 3.8) is 0 Å². The molecule has 6 rings (SSSR count). The monoisotopic (exact) mass is 582 g/mol. The van der Waals surface area contributed by atoms with Crippen molar-refractivity contribution in [1.29, 1.82) is 0 Å². The third-order valence-corrected chi connectivity index (χ3v) is 10.1. The van der Waals surface area contributed by atoms with E-state index in [1.807, 2.05) is 11.0 Å². The molecule has 4 heterocycles. The summed E-state index contributed by atoms with van der Waals surface area (Å²) in [4.78, 5) is 54.1. The van der Waals surface area contributed by atoms with Crippen LogP contribution in [0.3, 0.4) is 0 Å². The van der Waals surface area contributed by atoms with Crippen molar-refractivity contribution < 1.29 is 14.4 Å². The lowest BCUT2D eigenvalue weighted by atomic mass is 9.70. The third kappa shape index (κ3) is 5.18. The molecule has 2 aliphatic heterocycles. The van der Waals surface area contributed by atoms with Gasteiger partial charge in [-0.15, -0.1) is 11.3 Å². The molecule has 0 bridgehead atoms. The molecule has 1 aliphatic carbocycles. The molecule has 212 valence electrons. The first-order chi connectivity index (χ1) is 19.2. The number of hydrogen-bond donors (Lipinski definition) is 3.